The van der Waals surface area contributed by atoms with Gasteiger partial charge in [0.25, 0.3) is 5.91 Å². The molecule has 0 aromatic heterocycles. The molecule has 0 aliphatic carbocycles. The van der Waals surface area contributed by atoms with Crippen LogP contribution in [0.15, 0.2) is 54.6 Å². The molecule has 2 N–H and O–H groups in total. The summed E-state index contributed by atoms with van der Waals surface area (Å²) in [5.74, 6) is -0.510. The summed E-state index contributed by atoms with van der Waals surface area (Å²) in [6, 6.07) is 15.3. The molecule has 4 nitrogen and oxygen atoms in total. The summed E-state index contributed by atoms with van der Waals surface area (Å²) in [4.78, 5) is 14.4. The van der Waals surface area contributed by atoms with Gasteiger partial charge in [-0.15, -0.1) is 0 Å². The fourth-order valence-electron chi connectivity index (χ4n) is 3.16. The maximum atomic E-state index is 12.9. The van der Waals surface area contributed by atoms with Gasteiger partial charge in [-0.2, -0.15) is 0 Å². The Hall–Kier alpha value is -2.24. The van der Waals surface area contributed by atoms with Gasteiger partial charge in [-0.05, 0) is 42.7 Å². The number of aliphatic hydroxyl groups excluding tert-OH is 1. The van der Waals surface area contributed by atoms with Crippen LogP contribution in [0, 0.1) is 5.82 Å². The zero-order valence-corrected chi connectivity index (χ0v) is 14.1. The van der Waals surface area contributed by atoms with Crippen molar-refractivity contribution in [3.05, 3.63) is 71.5 Å². The van der Waals surface area contributed by atoms with E-state index in [-0.39, 0.29) is 17.8 Å². The van der Waals surface area contributed by atoms with E-state index in [1.165, 1.54) is 24.3 Å². The number of nitrogens with one attached hydrogen (secondary N) is 1. The Labute approximate surface area is 147 Å². The first-order valence-electron chi connectivity index (χ1n) is 8.63. The number of benzene rings is 2. The maximum Gasteiger partial charge on any atom is 0.251 e. The lowest BCUT2D eigenvalue weighted by Gasteiger charge is -2.33. The van der Waals surface area contributed by atoms with Gasteiger partial charge < -0.3 is 15.3 Å². The minimum Gasteiger partial charge on any atom is -0.387 e. The van der Waals surface area contributed by atoms with Crippen LogP contribution in [0.1, 0.15) is 34.9 Å². The molecular weight excluding hydrogens is 319 g/mol. The first kappa shape index (κ1) is 17.6. The quantitative estimate of drug-likeness (QED) is 0.878. The fraction of sp³-hybridized carbons (Fsp3) is 0.350. The summed E-state index contributed by atoms with van der Waals surface area (Å²) >= 11 is 0. The van der Waals surface area contributed by atoms with Crippen LogP contribution < -0.4 is 5.32 Å². The van der Waals surface area contributed by atoms with Gasteiger partial charge in [0.15, 0.2) is 0 Å². The van der Waals surface area contributed by atoms with Crippen LogP contribution in [0.5, 0.6) is 0 Å². The third-order valence-corrected chi connectivity index (χ3v) is 4.64. The highest BCUT2D eigenvalue weighted by Crippen LogP contribution is 2.18. The lowest BCUT2D eigenvalue weighted by Crippen LogP contribution is -2.45. The van der Waals surface area contributed by atoms with E-state index in [4.69, 9.17) is 0 Å². The number of rotatable bonds is 5. The largest absolute Gasteiger partial charge is 0.387 e. The highest BCUT2D eigenvalue weighted by atomic mass is 19.1. The van der Waals surface area contributed by atoms with Gasteiger partial charge in [0.2, 0.25) is 0 Å². The summed E-state index contributed by atoms with van der Waals surface area (Å²) in [5.41, 5.74) is 1.40. The molecule has 5 heteroatoms. The average Bonchev–Trinajstić information content (AvgIpc) is 2.64. The molecule has 0 bridgehead atoms. The van der Waals surface area contributed by atoms with Crippen molar-refractivity contribution in [3.63, 3.8) is 0 Å². The van der Waals surface area contributed by atoms with Gasteiger partial charge in [-0.25, -0.2) is 4.39 Å². The van der Waals surface area contributed by atoms with Gasteiger partial charge in [-0.3, -0.25) is 4.79 Å². The van der Waals surface area contributed by atoms with Crippen molar-refractivity contribution in [1.82, 2.24) is 10.2 Å². The number of hydrogen-bond donors (Lipinski definition) is 2. The second-order valence-electron chi connectivity index (χ2n) is 6.48. The number of carbonyl (C=O) groups excluding carboxylic acids is 1. The van der Waals surface area contributed by atoms with Gasteiger partial charge in [-0.1, -0.05) is 30.3 Å². The minimum atomic E-state index is -0.494. The molecule has 1 fully saturated rings. The molecule has 132 valence electrons. The Kier molecular flexibility index (Phi) is 5.79. The molecule has 0 saturated carbocycles. The van der Waals surface area contributed by atoms with E-state index in [0.717, 1.165) is 31.5 Å². The lowest BCUT2D eigenvalue weighted by molar-refractivity contribution is 0.0828. The van der Waals surface area contributed by atoms with Crippen molar-refractivity contribution >= 4 is 5.91 Å². The first-order valence-corrected chi connectivity index (χ1v) is 8.63. The normalized spacial score (nSPS) is 17.2. The number of likely N-dealkylation sites (tertiary alicyclic amines) is 1. The molecule has 1 heterocycles. The Morgan fingerprint density at radius 3 is 2.40 bits per heavy atom. The number of hydrogen-bond acceptors (Lipinski definition) is 3. The Morgan fingerprint density at radius 2 is 1.76 bits per heavy atom. The van der Waals surface area contributed by atoms with Crippen LogP contribution in [-0.2, 0) is 0 Å². The Morgan fingerprint density at radius 1 is 1.12 bits per heavy atom. The standard InChI is InChI=1S/C20H23FN2O2/c21-17-8-6-16(7-9-17)20(25)22-18-10-12-23(13-11-18)14-19(24)15-4-2-1-3-5-15/h1-9,18-19,24H,10-14H2,(H,22,25)/t19-/m1/s1. The Bertz CT molecular complexity index is 683. The van der Waals surface area contributed by atoms with E-state index in [0.29, 0.717) is 12.1 Å². The Balaban J connectivity index is 1.45. The molecule has 0 radical (unpaired) electrons. The van der Waals surface area contributed by atoms with E-state index in [2.05, 4.69) is 10.2 Å². The van der Waals surface area contributed by atoms with Crippen molar-refractivity contribution in [2.45, 2.75) is 25.0 Å². The molecule has 1 saturated heterocycles. The predicted octanol–water partition coefficient (Wildman–Crippen LogP) is 2.75. The smallest absolute Gasteiger partial charge is 0.251 e. The fourth-order valence-corrected chi connectivity index (χ4v) is 3.16. The molecule has 0 unspecified atom stereocenters. The van der Waals surface area contributed by atoms with Crippen LogP contribution >= 0.6 is 0 Å². The molecule has 25 heavy (non-hydrogen) atoms. The van der Waals surface area contributed by atoms with Crippen molar-refractivity contribution < 1.29 is 14.3 Å². The van der Waals surface area contributed by atoms with E-state index >= 15 is 0 Å². The second-order valence-corrected chi connectivity index (χ2v) is 6.48. The number of β-amino-alcohol motifs (C(OH)–C–C–N with tert-alkyl or cyclic N) is 1. The molecule has 1 aliphatic rings. The van der Waals surface area contributed by atoms with Crippen LogP contribution in [0.3, 0.4) is 0 Å². The van der Waals surface area contributed by atoms with Gasteiger partial charge in [0.1, 0.15) is 5.82 Å². The van der Waals surface area contributed by atoms with E-state index in [1.54, 1.807) is 0 Å². The predicted molar refractivity (Wildman–Crippen MR) is 94.7 cm³/mol. The third kappa shape index (κ3) is 4.87. The molecule has 0 spiro atoms. The number of carbonyl (C=O) groups is 1. The van der Waals surface area contributed by atoms with Crippen LogP contribution in [0.4, 0.5) is 4.39 Å². The van der Waals surface area contributed by atoms with Crippen molar-refractivity contribution in [2.24, 2.45) is 0 Å². The maximum absolute atomic E-state index is 12.9. The number of aliphatic hydroxyl groups is 1. The first-order chi connectivity index (χ1) is 12.1. The number of piperidine rings is 1. The van der Waals surface area contributed by atoms with Gasteiger partial charge in [0, 0.05) is 31.2 Å². The highest BCUT2D eigenvalue weighted by Gasteiger charge is 2.23. The number of nitrogens with zero attached hydrogens (tertiary/aromatic N) is 1. The summed E-state index contributed by atoms with van der Waals surface area (Å²) in [6.45, 7) is 2.26. The topological polar surface area (TPSA) is 52.6 Å². The summed E-state index contributed by atoms with van der Waals surface area (Å²) in [5, 5.41) is 13.3. The van der Waals surface area contributed by atoms with Crippen LogP contribution in [-0.4, -0.2) is 41.6 Å². The van der Waals surface area contributed by atoms with Gasteiger partial charge >= 0.3 is 0 Å². The monoisotopic (exact) mass is 342 g/mol. The number of halogens is 1. The van der Waals surface area contributed by atoms with Gasteiger partial charge in [0.05, 0.1) is 6.10 Å². The van der Waals surface area contributed by atoms with Crippen LogP contribution in [0.2, 0.25) is 0 Å². The second kappa shape index (κ2) is 8.23. The third-order valence-electron chi connectivity index (χ3n) is 4.64. The SMILES string of the molecule is O=C(NC1CCN(C[C@@H](O)c2ccccc2)CC1)c1ccc(F)cc1. The molecule has 1 aliphatic heterocycles. The minimum absolute atomic E-state index is 0.114. The number of amides is 1. The zero-order valence-electron chi connectivity index (χ0n) is 14.1. The van der Waals surface area contributed by atoms with Crippen molar-refractivity contribution in [3.8, 4) is 0 Å². The molecule has 1 atom stereocenters. The highest BCUT2D eigenvalue weighted by molar-refractivity contribution is 5.94. The average molecular weight is 342 g/mol. The zero-order chi connectivity index (χ0) is 17.6. The lowest BCUT2D eigenvalue weighted by atomic mass is 10.0. The molecular formula is C20H23FN2O2. The van der Waals surface area contributed by atoms with Crippen molar-refractivity contribution in [2.75, 3.05) is 19.6 Å². The molecule has 1 amide bonds. The van der Waals surface area contributed by atoms with E-state index in [9.17, 15) is 14.3 Å². The van der Waals surface area contributed by atoms with E-state index < -0.39 is 6.10 Å². The van der Waals surface area contributed by atoms with E-state index in [1.807, 2.05) is 30.3 Å². The summed E-state index contributed by atoms with van der Waals surface area (Å²) < 4.78 is 12.9. The molecule has 2 aromatic rings. The molecule has 2 aromatic carbocycles. The molecule has 3 rings (SSSR count). The summed E-state index contributed by atoms with van der Waals surface area (Å²) in [6.07, 6.45) is 1.19. The van der Waals surface area contributed by atoms with Crippen LogP contribution in [0.25, 0.3) is 0 Å². The summed E-state index contributed by atoms with van der Waals surface area (Å²) in [7, 11) is 0. The van der Waals surface area contributed by atoms with Crippen molar-refractivity contribution in [1.29, 1.82) is 0 Å².